The molecule has 144 valence electrons. The van der Waals surface area contributed by atoms with Crippen LogP contribution >= 0.6 is 11.3 Å². The molecule has 2 heterocycles. The number of aryl methyl sites for hydroxylation is 1. The number of Topliss-reactive ketones (excluding diaryl/α,β-unsaturated/α-hetero) is 2. The maximum atomic E-state index is 12.6. The first-order valence-electron chi connectivity index (χ1n) is 8.76. The number of aromatic nitrogens is 2. The van der Waals surface area contributed by atoms with Gasteiger partial charge < -0.3 is 9.72 Å². The topological polar surface area (TPSA) is 89.1 Å². The highest BCUT2D eigenvalue weighted by Crippen LogP contribution is 2.23. The van der Waals surface area contributed by atoms with Crippen LogP contribution in [-0.4, -0.2) is 33.6 Å². The molecule has 28 heavy (non-hydrogen) atoms. The van der Waals surface area contributed by atoms with Crippen LogP contribution in [0.5, 0.6) is 0 Å². The molecule has 3 aromatic rings. The van der Waals surface area contributed by atoms with E-state index in [0.29, 0.717) is 21.8 Å². The zero-order chi connectivity index (χ0) is 20.4. The summed E-state index contributed by atoms with van der Waals surface area (Å²) in [5.41, 5.74) is 2.85. The van der Waals surface area contributed by atoms with Gasteiger partial charge in [0, 0.05) is 17.3 Å². The van der Waals surface area contributed by atoms with Crippen LogP contribution < -0.4 is 0 Å². The smallest absolute Gasteiger partial charge is 0.331 e. The summed E-state index contributed by atoms with van der Waals surface area (Å²) in [6.07, 6.45) is 1.85. The third-order valence-corrected chi connectivity index (χ3v) is 5.37. The van der Waals surface area contributed by atoms with Crippen LogP contribution in [0.1, 0.15) is 51.0 Å². The number of nitrogens with zero attached hydrogens (tertiary/aromatic N) is 1. The molecule has 0 saturated heterocycles. The van der Waals surface area contributed by atoms with Crippen LogP contribution in [0.2, 0.25) is 0 Å². The van der Waals surface area contributed by atoms with Gasteiger partial charge in [0.05, 0.1) is 15.9 Å². The number of thiazole rings is 1. The Hall–Kier alpha value is -3.06. The number of hydrogen-bond acceptors (Lipinski definition) is 6. The predicted molar refractivity (Wildman–Crippen MR) is 109 cm³/mol. The summed E-state index contributed by atoms with van der Waals surface area (Å²) in [5.74, 6) is -1.13. The minimum absolute atomic E-state index is 0.117. The number of benzene rings is 1. The number of rotatable bonds is 6. The van der Waals surface area contributed by atoms with Crippen molar-refractivity contribution in [2.75, 3.05) is 0 Å². The van der Waals surface area contributed by atoms with Crippen LogP contribution in [0, 0.1) is 13.8 Å². The third-order valence-electron chi connectivity index (χ3n) is 4.37. The molecule has 0 spiro atoms. The molecule has 1 N–H and O–H groups in total. The van der Waals surface area contributed by atoms with Gasteiger partial charge >= 0.3 is 5.97 Å². The lowest BCUT2D eigenvalue weighted by Crippen LogP contribution is -2.24. The molecule has 3 rings (SSSR count). The van der Waals surface area contributed by atoms with Crippen molar-refractivity contribution < 1.29 is 19.1 Å². The second kappa shape index (κ2) is 7.90. The van der Waals surface area contributed by atoms with Crippen molar-refractivity contribution in [3.63, 3.8) is 0 Å². The summed E-state index contributed by atoms with van der Waals surface area (Å²) in [4.78, 5) is 43.8. The second-order valence-electron chi connectivity index (χ2n) is 6.48. The number of hydrogen-bond donors (Lipinski definition) is 1. The highest BCUT2D eigenvalue weighted by atomic mass is 32.1. The fourth-order valence-electron chi connectivity index (χ4n) is 3.10. The van der Waals surface area contributed by atoms with Gasteiger partial charge in [-0.15, -0.1) is 11.3 Å². The molecule has 0 fully saturated rings. The number of ketones is 2. The van der Waals surface area contributed by atoms with Crippen LogP contribution in [-0.2, 0) is 9.53 Å². The minimum Gasteiger partial charge on any atom is -0.451 e. The molecule has 0 radical (unpaired) electrons. The number of ether oxygens (including phenoxy) is 1. The van der Waals surface area contributed by atoms with E-state index in [0.717, 1.165) is 10.2 Å². The van der Waals surface area contributed by atoms with E-state index in [9.17, 15) is 14.4 Å². The predicted octanol–water partition coefficient (Wildman–Crippen LogP) is 4.27. The van der Waals surface area contributed by atoms with Gasteiger partial charge in [0.25, 0.3) is 0 Å². The lowest BCUT2D eigenvalue weighted by molar-refractivity contribution is -0.140. The van der Waals surface area contributed by atoms with Gasteiger partial charge in [0.15, 0.2) is 11.9 Å². The van der Waals surface area contributed by atoms with Crippen LogP contribution in [0.4, 0.5) is 0 Å². The van der Waals surface area contributed by atoms with Crippen molar-refractivity contribution in [3.8, 4) is 0 Å². The summed E-state index contributed by atoms with van der Waals surface area (Å²) in [5, 5.41) is 0.680. The number of aromatic amines is 1. The van der Waals surface area contributed by atoms with Gasteiger partial charge in [-0.1, -0.05) is 12.1 Å². The number of H-pyrrole nitrogens is 1. The van der Waals surface area contributed by atoms with Crippen LogP contribution in [0.15, 0.2) is 30.3 Å². The number of carbonyl (C=O) groups excluding carboxylic acids is 3. The molecule has 0 saturated carbocycles. The number of fused-ring (bicyclic) bond motifs is 1. The van der Waals surface area contributed by atoms with E-state index in [-0.39, 0.29) is 17.3 Å². The Kier molecular flexibility index (Phi) is 5.56. The third kappa shape index (κ3) is 3.94. The second-order valence-corrected chi connectivity index (χ2v) is 7.54. The first-order valence-corrected chi connectivity index (χ1v) is 9.58. The van der Waals surface area contributed by atoms with E-state index >= 15 is 0 Å². The molecule has 0 aliphatic carbocycles. The number of nitrogens with one attached hydrogen (secondary N) is 1. The molecule has 1 aromatic carbocycles. The Morgan fingerprint density at radius 1 is 1.21 bits per heavy atom. The molecule has 0 aliphatic rings. The Balaban J connectivity index is 1.69. The molecule has 0 aliphatic heterocycles. The van der Waals surface area contributed by atoms with Crippen molar-refractivity contribution in [1.82, 2.24) is 9.97 Å². The van der Waals surface area contributed by atoms with Crippen LogP contribution in [0.25, 0.3) is 16.3 Å². The maximum Gasteiger partial charge on any atom is 0.331 e. The standard InChI is InChI=1S/C21H20N2O4S/c1-11-19(13(3)24)12(2)22-20(11)21(26)14(4)27-18(25)10-9-17-23-15-7-5-6-8-16(15)28-17/h5-10,14,22H,1-4H3/b10-9+/t14-/m1/s1. The van der Waals surface area contributed by atoms with Crippen molar-refractivity contribution in [3.05, 3.63) is 57.9 Å². The van der Waals surface area contributed by atoms with E-state index in [1.165, 1.54) is 31.3 Å². The van der Waals surface area contributed by atoms with E-state index in [1.807, 2.05) is 24.3 Å². The van der Waals surface area contributed by atoms with Crippen molar-refractivity contribution >= 4 is 45.2 Å². The summed E-state index contributed by atoms with van der Waals surface area (Å²) >= 11 is 1.46. The summed E-state index contributed by atoms with van der Waals surface area (Å²) < 4.78 is 6.25. The van der Waals surface area contributed by atoms with E-state index in [1.54, 1.807) is 19.9 Å². The quantitative estimate of drug-likeness (QED) is 0.382. The van der Waals surface area contributed by atoms with E-state index in [2.05, 4.69) is 9.97 Å². The molecule has 0 amide bonds. The van der Waals surface area contributed by atoms with Gasteiger partial charge in [0.2, 0.25) is 5.78 Å². The van der Waals surface area contributed by atoms with Gasteiger partial charge in [-0.3, -0.25) is 9.59 Å². The highest BCUT2D eigenvalue weighted by molar-refractivity contribution is 7.19. The molecule has 2 aromatic heterocycles. The SMILES string of the molecule is CC(=O)c1c(C)[nH]c(C(=O)[C@@H](C)OC(=O)/C=C/c2nc3ccccc3s2)c1C. The van der Waals surface area contributed by atoms with E-state index in [4.69, 9.17) is 4.74 Å². The Bertz CT molecular complexity index is 1070. The average molecular weight is 396 g/mol. The number of para-hydroxylation sites is 1. The molecular formula is C21H20N2O4S. The Morgan fingerprint density at radius 3 is 2.57 bits per heavy atom. The summed E-state index contributed by atoms with van der Waals surface area (Å²) in [6, 6.07) is 7.69. The van der Waals surface area contributed by atoms with E-state index < -0.39 is 12.1 Å². The highest BCUT2D eigenvalue weighted by Gasteiger charge is 2.25. The van der Waals surface area contributed by atoms with Crippen LogP contribution in [0.3, 0.4) is 0 Å². The normalized spacial score (nSPS) is 12.4. The van der Waals surface area contributed by atoms with Gasteiger partial charge in [-0.25, -0.2) is 9.78 Å². The average Bonchev–Trinajstić information content (AvgIpc) is 3.19. The van der Waals surface area contributed by atoms with Gasteiger partial charge in [-0.05, 0) is 51.5 Å². The number of carbonyl (C=O) groups is 3. The fourth-order valence-corrected chi connectivity index (χ4v) is 3.97. The molecule has 0 bridgehead atoms. The van der Waals surface area contributed by atoms with Gasteiger partial charge in [-0.2, -0.15) is 0 Å². The van der Waals surface area contributed by atoms with Crippen molar-refractivity contribution in [1.29, 1.82) is 0 Å². The first kappa shape index (κ1) is 19.7. The maximum absolute atomic E-state index is 12.6. The fraction of sp³-hybridized carbons (Fsp3) is 0.238. The molecule has 1 atom stereocenters. The Morgan fingerprint density at radius 2 is 1.93 bits per heavy atom. The number of esters is 1. The van der Waals surface area contributed by atoms with Gasteiger partial charge in [0.1, 0.15) is 5.01 Å². The lowest BCUT2D eigenvalue weighted by atomic mass is 10.0. The molecule has 6 nitrogen and oxygen atoms in total. The van der Waals surface area contributed by atoms with Crippen molar-refractivity contribution in [2.24, 2.45) is 0 Å². The molecule has 7 heteroatoms. The first-order chi connectivity index (χ1) is 13.3. The zero-order valence-electron chi connectivity index (χ0n) is 16.0. The minimum atomic E-state index is -0.982. The largest absolute Gasteiger partial charge is 0.451 e. The molecular weight excluding hydrogens is 376 g/mol. The molecule has 0 unspecified atom stereocenters. The Labute approximate surface area is 166 Å². The summed E-state index contributed by atoms with van der Waals surface area (Å²) in [6.45, 7) is 6.40. The van der Waals surface area contributed by atoms with Crippen molar-refractivity contribution in [2.45, 2.75) is 33.8 Å². The zero-order valence-corrected chi connectivity index (χ0v) is 16.8. The monoisotopic (exact) mass is 396 g/mol. The summed E-state index contributed by atoms with van der Waals surface area (Å²) in [7, 11) is 0. The lowest BCUT2D eigenvalue weighted by Gasteiger charge is -2.10.